The van der Waals surface area contributed by atoms with E-state index in [0.717, 1.165) is 0 Å². The summed E-state index contributed by atoms with van der Waals surface area (Å²) < 4.78 is 36.2. The second-order valence-electron chi connectivity index (χ2n) is 3.49. The van der Waals surface area contributed by atoms with Crippen LogP contribution in [0, 0.1) is 5.41 Å². The molecule has 1 unspecified atom stereocenters. The maximum Gasteiger partial charge on any atom is 0.411 e. The summed E-state index contributed by atoms with van der Waals surface area (Å²) in [6.07, 6.45) is -4.28. The Bertz CT molecular complexity index is 129. The molecule has 0 amide bonds. The van der Waals surface area contributed by atoms with Gasteiger partial charge < -0.3 is 0 Å². The molecule has 66 valence electrons. The van der Waals surface area contributed by atoms with Crippen molar-refractivity contribution in [1.29, 1.82) is 0 Å². The van der Waals surface area contributed by atoms with Crippen LogP contribution in [0.2, 0.25) is 0 Å². The van der Waals surface area contributed by atoms with E-state index >= 15 is 0 Å². The number of hydrogen-bond acceptors (Lipinski definition) is 1. The first kappa shape index (κ1) is 10.5. The second-order valence-corrected chi connectivity index (χ2v) is 3.49. The summed E-state index contributed by atoms with van der Waals surface area (Å²) in [6, 6.07) is -1.67. The molecule has 0 bridgehead atoms. The van der Waals surface area contributed by atoms with Crippen LogP contribution in [0.15, 0.2) is 4.99 Å². The van der Waals surface area contributed by atoms with Crippen molar-refractivity contribution in [3.8, 4) is 0 Å². The molecule has 0 radical (unpaired) electrons. The second kappa shape index (κ2) is 2.83. The van der Waals surface area contributed by atoms with Gasteiger partial charge in [0, 0.05) is 0 Å². The highest BCUT2D eigenvalue weighted by molar-refractivity contribution is 5.25. The van der Waals surface area contributed by atoms with Gasteiger partial charge >= 0.3 is 6.18 Å². The molecule has 0 fully saturated rings. The maximum atomic E-state index is 12.1. The topological polar surface area (TPSA) is 12.4 Å². The lowest BCUT2D eigenvalue weighted by Gasteiger charge is -2.28. The quantitative estimate of drug-likeness (QED) is 0.532. The molecular formula is C7H12F3N. The Morgan fingerprint density at radius 3 is 1.55 bits per heavy atom. The van der Waals surface area contributed by atoms with Crippen LogP contribution in [-0.2, 0) is 0 Å². The van der Waals surface area contributed by atoms with E-state index in [4.69, 9.17) is 0 Å². The summed E-state index contributed by atoms with van der Waals surface area (Å²) in [4.78, 5) is 3.06. The highest BCUT2D eigenvalue weighted by Gasteiger charge is 2.46. The molecule has 0 aromatic rings. The zero-order valence-electron chi connectivity index (χ0n) is 6.87. The first-order chi connectivity index (χ1) is 4.69. The van der Waals surface area contributed by atoms with E-state index in [1.54, 1.807) is 0 Å². The van der Waals surface area contributed by atoms with Gasteiger partial charge in [-0.1, -0.05) is 20.8 Å². The average Bonchev–Trinajstić information content (AvgIpc) is 1.56. The predicted molar refractivity (Wildman–Crippen MR) is 38.8 cm³/mol. The van der Waals surface area contributed by atoms with Gasteiger partial charge in [0.1, 0.15) is 6.04 Å². The van der Waals surface area contributed by atoms with Crippen molar-refractivity contribution in [3.05, 3.63) is 0 Å². The van der Waals surface area contributed by atoms with Crippen LogP contribution in [0.5, 0.6) is 0 Å². The SMILES string of the molecule is C=NC(C(C)(C)C)C(F)(F)F. The average molecular weight is 167 g/mol. The number of aliphatic imine (C=N–C) groups is 1. The molecule has 0 rings (SSSR count). The van der Waals surface area contributed by atoms with Gasteiger partial charge in [0.2, 0.25) is 0 Å². The minimum Gasteiger partial charge on any atom is -0.288 e. The van der Waals surface area contributed by atoms with E-state index < -0.39 is 17.6 Å². The lowest BCUT2D eigenvalue weighted by Crippen LogP contribution is -2.38. The van der Waals surface area contributed by atoms with Crippen LogP contribution in [0.1, 0.15) is 20.8 Å². The Labute approximate surface area is 64.3 Å². The third-order valence-corrected chi connectivity index (χ3v) is 1.31. The van der Waals surface area contributed by atoms with Gasteiger partial charge in [0.05, 0.1) is 0 Å². The van der Waals surface area contributed by atoms with Crippen molar-refractivity contribution >= 4 is 6.72 Å². The molecule has 0 saturated heterocycles. The van der Waals surface area contributed by atoms with Gasteiger partial charge in [0.15, 0.2) is 0 Å². The third-order valence-electron chi connectivity index (χ3n) is 1.31. The lowest BCUT2D eigenvalue weighted by atomic mass is 9.87. The zero-order valence-corrected chi connectivity index (χ0v) is 6.87. The minimum absolute atomic E-state index is 0.903. The highest BCUT2D eigenvalue weighted by atomic mass is 19.4. The molecule has 0 saturated carbocycles. The van der Waals surface area contributed by atoms with Crippen LogP contribution < -0.4 is 0 Å². The van der Waals surface area contributed by atoms with Crippen molar-refractivity contribution in [2.75, 3.05) is 0 Å². The number of hydrogen-bond donors (Lipinski definition) is 0. The molecule has 0 heterocycles. The van der Waals surface area contributed by atoms with E-state index in [1.165, 1.54) is 20.8 Å². The number of alkyl halides is 3. The van der Waals surface area contributed by atoms with Crippen LogP contribution in [-0.4, -0.2) is 18.9 Å². The van der Waals surface area contributed by atoms with Gasteiger partial charge in [0.25, 0.3) is 0 Å². The Morgan fingerprint density at radius 1 is 1.18 bits per heavy atom. The van der Waals surface area contributed by atoms with E-state index in [9.17, 15) is 13.2 Å². The molecule has 4 heteroatoms. The minimum atomic E-state index is -4.28. The van der Waals surface area contributed by atoms with Crippen molar-refractivity contribution in [2.45, 2.75) is 33.0 Å². The summed E-state index contributed by atoms with van der Waals surface area (Å²) in [6.45, 7) is 7.38. The Morgan fingerprint density at radius 2 is 1.55 bits per heavy atom. The van der Waals surface area contributed by atoms with Gasteiger partial charge in [-0.2, -0.15) is 13.2 Å². The fourth-order valence-corrected chi connectivity index (χ4v) is 0.868. The normalized spacial score (nSPS) is 16.2. The van der Waals surface area contributed by atoms with Crippen molar-refractivity contribution < 1.29 is 13.2 Å². The van der Waals surface area contributed by atoms with Gasteiger partial charge in [-0.05, 0) is 12.1 Å². The van der Waals surface area contributed by atoms with E-state index in [-0.39, 0.29) is 0 Å². The van der Waals surface area contributed by atoms with Crippen LogP contribution >= 0.6 is 0 Å². The molecular weight excluding hydrogens is 155 g/mol. The monoisotopic (exact) mass is 167 g/mol. The smallest absolute Gasteiger partial charge is 0.288 e. The van der Waals surface area contributed by atoms with Crippen molar-refractivity contribution in [2.24, 2.45) is 10.4 Å². The summed E-state index contributed by atoms with van der Waals surface area (Å²) in [5.41, 5.74) is -0.903. The number of halogens is 3. The standard InChI is InChI=1S/C7H12F3N/c1-6(2,3)5(11-4)7(8,9)10/h5H,4H2,1-3H3. The molecule has 0 aromatic heterocycles. The molecule has 0 spiro atoms. The van der Waals surface area contributed by atoms with Crippen molar-refractivity contribution in [3.63, 3.8) is 0 Å². The van der Waals surface area contributed by atoms with Crippen LogP contribution in [0.3, 0.4) is 0 Å². The molecule has 0 aliphatic rings. The molecule has 11 heavy (non-hydrogen) atoms. The van der Waals surface area contributed by atoms with Crippen molar-refractivity contribution in [1.82, 2.24) is 0 Å². The van der Waals surface area contributed by atoms with E-state index in [1.807, 2.05) is 0 Å². The van der Waals surface area contributed by atoms with E-state index in [2.05, 4.69) is 11.7 Å². The molecule has 0 N–H and O–H groups in total. The fourth-order valence-electron chi connectivity index (χ4n) is 0.868. The molecule has 0 aromatic carbocycles. The summed E-state index contributed by atoms with van der Waals surface area (Å²) in [7, 11) is 0. The summed E-state index contributed by atoms with van der Waals surface area (Å²) in [5.74, 6) is 0. The molecule has 1 nitrogen and oxygen atoms in total. The first-order valence-corrected chi connectivity index (χ1v) is 3.22. The largest absolute Gasteiger partial charge is 0.411 e. The van der Waals surface area contributed by atoms with Gasteiger partial charge in [-0.25, -0.2) is 0 Å². The molecule has 1 atom stereocenters. The Kier molecular flexibility index (Phi) is 2.69. The number of rotatable bonds is 1. The summed E-state index contributed by atoms with van der Waals surface area (Å²) in [5, 5.41) is 0. The fraction of sp³-hybridized carbons (Fsp3) is 0.857. The number of nitrogens with zero attached hydrogens (tertiary/aromatic N) is 1. The highest BCUT2D eigenvalue weighted by Crippen LogP contribution is 2.35. The van der Waals surface area contributed by atoms with Crippen LogP contribution in [0.25, 0.3) is 0 Å². The third kappa shape index (κ3) is 2.91. The first-order valence-electron chi connectivity index (χ1n) is 3.22. The zero-order chi connectivity index (χ0) is 9.28. The predicted octanol–water partition coefficient (Wildman–Crippen LogP) is 2.66. The lowest BCUT2D eigenvalue weighted by molar-refractivity contribution is -0.166. The van der Waals surface area contributed by atoms with Crippen LogP contribution in [0.4, 0.5) is 13.2 Å². The molecule has 0 aliphatic carbocycles. The molecule has 0 aliphatic heterocycles. The van der Waals surface area contributed by atoms with Gasteiger partial charge in [-0.15, -0.1) is 0 Å². The van der Waals surface area contributed by atoms with Gasteiger partial charge in [-0.3, -0.25) is 4.99 Å². The summed E-state index contributed by atoms with van der Waals surface area (Å²) >= 11 is 0. The Balaban J connectivity index is 4.56. The Hall–Kier alpha value is -0.540. The van der Waals surface area contributed by atoms with E-state index in [0.29, 0.717) is 0 Å². The maximum absolute atomic E-state index is 12.1.